The quantitative estimate of drug-likeness (QED) is 0.493. The summed E-state index contributed by atoms with van der Waals surface area (Å²) in [4.78, 5) is 27.9. The molecule has 0 spiro atoms. The topological polar surface area (TPSA) is 92.8 Å². The number of allylic oxidation sites excluding steroid dienone is 2. The molecule has 176 valence electrons. The monoisotopic (exact) mass is 492 g/mol. The third-order valence-corrected chi connectivity index (χ3v) is 9.08. The number of esters is 1. The number of halogens is 1. The molecular formula is C23H25FN2O5S2. The SMILES string of the molecule is COC(=O)c1c(S(=O)(=O)NCc2cccc(F)c2)sc2c1CCN(C(=O)[C@H]1CC=CCC1)C2. The molecule has 1 aromatic heterocycles. The molecule has 33 heavy (non-hydrogen) atoms. The minimum absolute atomic E-state index is 0.0249. The van der Waals surface area contributed by atoms with E-state index < -0.39 is 21.8 Å². The zero-order valence-corrected chi connectivity index (χ0v) is 19.8. The van der Waals surface area contributed by atoms with E-state index in [0.29, 0.717) is 35.4 Å². The molecule has 1 amide bonds. The molecule has 10 heteroatoms. The van der Waals surface area contributed by atoms with Gasteiger partial charge in [-0.2, -0.15) is 0 Å². The Hall–Kier alpha value is -2.56. The van der Waals surface area contributed by atoms with Gasteiger partial charge >= 0.3 is 5.97 Å². The van der Waals surface area contributed by atoms with Crippen LogP contribution in [0, 0.1) is 11.7 Å². The van der Waals surface area contributed by atoms with Crippen LogP contribution >= 0.6 is 11.3 Å². The van der Waals surface area contributed by atoms with E-state index in [1.165, 1.54) is 25.3 Å². The molecule has 0 saturated carbocycles. The first-order valence-corrected chi connectivity index (χ1v) is 13.0. The number of carbonyl (C=O) groups excluding carboxylic acids is 2. The van der Waals surface area contributed by atoms with Gasteiger partial charge in [-0.25, -0.2) is 22.3 Å². The van der Waals surface area contributed by atoms with Gasteiger partial charge < -0.3 is 9.64 Å². The van der Waals surface area contributed by atoms with Crippen molar-refractivity contribution in [1.29, 1.82) is 0 Å². The normalized spacial score (nSPS) is 18.1. The number of nitrogens with one attached hydrogen (secondary N) is 1. The van der Waals surface area contributed by atoms with E-state index in [2.05, 4.69) is 10.8 Å². The second kappa shape index (κ2) is 9.74. The van der Waals surface area contributed by atoms with Gasteiger partial charge in [0.25, 0.3) is 10.0 Å². The molecule has 0 unspecified atom stereocenters. The molecule has 2 heterocycles. The maximum absolute atomic E-state index is 13.4. The van der Waals surface area contributed by atoms with Gasteiger partial charge in [-0.15, -0.1) is 11.3 Å². The fourth-order valence-electron chi connectivity index (χ4n) is 4.23. The molecule has 1 atom stereocenters. The molecule has 0 bridgehead atoms. The Morgan fingerprint density at radius 3 is 2.82 bits per heavy atom. The van der Waals surface area contributed by atoms with Crippen molar-refractivity contribution in [3.8, 4) is 0 Å². The van der Waals surface area contributed by atoms with Gasteiger partial charge in [0.15, 0.2) is 0 Å². The lowest BCUT2D eigenvalue weighted by Gasteiger charge is -2.31. The summed E-state index contributed by atoms with van der Waals surface area (Å²) in [6.45, 7) is 0.564. The number of amides is 1. The predicted molar refractivity (Wildman–Crippen MR) is 122 cm³/mol. The van der Waals surface area contributed by atoms with Crippen molar-refractivity contribution in [2.24, 2.45) is 5.92 Å². The average molecular weight is 493 g/mol. The van der Waals surface area contributed by atoms with Crippen LogP contribution in [0.3, 0.4) is 0 Å². The van der Waals surface area contributed by atoms with Crippen molar-refractivity contribution >= 4 is 33.2 Å². The summed E-state index contributed by atoms with van der Waals surface area (Å²) >= 11 is 0.985. The largest absolute Gasteiger partial charge is 0.465 e. The number of ether oxygens (including phenoxy) is 1. The third-order valence-electron chi connectivity index (χ3n) is 5.94. The number of rotatable bonds is 6. The zero-order chi connectivity index (χ0) is 23.6. The second-order valence-corrected chi connectivity index (χ2v) is 11.2. The van der Waals surface area contributed by atoms with E-state index in [9.17, 15) is 22.4 Å². The van der Waals surface area contributed by atoms with Crippen molar-refractivity contribution in [3.63, 3.8) is 0 Å². The summed E-state index contributed by atoms with van der Waals surface area (Å²) in [5.41, 5.74) is 1.10. The maximum atomic E-state index is 13.4. The molecule has 0 fully saturated rings. The van der Waals surface area contributed by atoms with Crippen molar-refractivity contribution in [3.05, 3.63) is 63.8 Å². The molecule has 7 nitrogen and oxygen atoms in total. The molecular weight excluding hydrogens is 467 g/mol. The maximum Gasteiger partial charge on any atom is 0.340 e. The summed E-state index contributed by atoms with van der Waals surface area (Å²) in [6.07, 6.45) is 6.87. The molecule has 1 aliphatic carbocycles. The third kappa shape index (κ3) is 5.02. The smallest absolute Gasteiger partial charge is 0.340 e. The Kier molecular flexibility index (Phi) is 6.96. The van der Waals surface area contributed by atoms with Gasteiger partial charge in [-0.3, -0.25) is 4.79 Å². The number of carbonyl (C=O) groups is 2. The average Bonchev–Trinajstić information content (AvgIpc) is 3.22. The fourth-order valence-corrected chi connectivity index (χ4v) is 7.19. The molecule has 2 aromatic rings. The first-order chi connectivity index (χ1) is 15.8. The highest BCUT2D eigenvalue weighted by molar-refractivity contribution is 7.91. The van der Waals surface area contributed by atoms with Crippen LogP contribution in [0.4, 0.5) is 4.39 Å². The standard InChI is InChI=1S/C23H25FN2O5S2/c1-31-22(28)20-18-10-11-26(21(27)16-7-3-2-4-8-16)14-19(18)32-23(20)33(29,30)25-13-15-6-5-9-17(24)12-15/h2-3,5-6,9,12,16,25H,4,7-8,10-11,13-14H2,1H3/t16-/m0/s1. The number of methoxy groups -OCH3 is 1. The number of thiophene rings is 1. The van der Waals surface area contributed by atoms with Crippen LogP contribution in [0.2, 0.25) is 0 Å². The van der Waals surface area contributed by atoms with Crippen LogP contribution in [0.1, 0.15) is 45.6 Å². The number of fused-ring (bicyclic) bond motifs is 1. The molecule has 1 aromatic carbocycles. The van der Waals surface area contributed by atoms with Crippen LogP contribution in [0.15, 0.2) is 40.6 Å². The van der Waals surface area contributed by atoms with E-state index in [4.69, 9.17) is 4.74 Å². The van der Waals surface area contributed by atoms with Crippen molar-refractivity contribution in [2.75, 3.05) is 13.7 Å². The summed E-state index contributed by atoms with van der Waals surface area (Å²) in [7, 11) is -2.87. The number of hydrogen-bond acceptors (Lipinski definition) is 6. The van der Waals surface area contributed by atoms with Gasteiger partial charge in [-0.05, 0) is 48.9 Å². The Balaban J connectivity index is 1.60. The zero-order valence-electron chi connectivity index (χ0n) is 18.2. The number of hydrogen-bond donors (Lipinski definition) is 1. The fraction of sp³-hybridized carbons (Fsp3) is 0.391. The predicted octanol–water partition coefficient (Wildman–Crippen LogP) is 3.39. The second-order valence-electron chi connectivity index (χ2n) is 8.10. The van der Waals surface area contributed by atoms with Crippen molar-refractivity contribution < 1.29 is 27.1 Å². The van der Waals surface area contributed by atoms with Crippen LogP contribution < -0.4 is 4.72 Å². The van der Waals surface area contributed by atoms with Gasteiger partial charge in [0.1, 0.15) is 10.0 Å². The highest BCUT2D eigenvalue weighted by atomic mass is 32.2. The Bertz CT molecular complexity index is 1210. The van der Waals surface area contributed by atoms with Crippen LogP contribution in [0.25, 0.3) is 0 Å². The van der Waals surface area contributed by atoms with Crippen molar-refractivity contribution in [1.82, 2.24) is 9.62 Å². The van der Waals surface area contributed by atoms with Gasteiger partial charge in [-0.1, -0.05) is 24.3 Å². The lowest BCUT2D eigenvalue weighted by molar-refractivity contribution is -0.136. The molecule has 4 rings (SSSR count). The summed E-state index contributed by atoms with van der Waals surface area (Å²) < 4.78 is 46.9. The lowest BCUT2D eigenvalue weighted by Crippen LogP contribution is -2.39. The molecule has 0 saturated heterocycles. The summed E-state index contributed by atoms with van der Waals surface area (Å²) in [5.74, 6) is -1.19. The first-order valence-electron chi connectivity index (χ1n) is 10.7. The van der Waals surface area contributed by atoms with Crippen LogP contribution in [0.5, 0.6) is 0 Å². The lowest BCUT2D eigenvalue weighted by atomic mass is 9.92. The number of nitrogens with zero attached hydrogens (tertiary/aromatic N) is 1. The number of benzene rings is 1. The molecule has 1 aliphatic heterocycles. The number of sulfonamides is 1. The minimum Gasteiger partial charge on any atom is -0.465 e. The van der Waals surface area contributed by atoms with Crippen LogP contribution in [-0.4, -0.2) is 38.8 Å². The van der Waals surface area contributed by atoms with E-state index in [1.54, 1.807) is 11.0 Å². The van der Waals surface area contributed by atoms with Gasteiger partial charge in [0, 0.05) is 23.9 Å². The Morgan fingerprint density at radius 1 is 1.30 bits per heavy atom. The minimum atomic E-state index is -4.08. The van der Waals surface area contributed by atoms with Crippen molar-refractivity contribution in [2.45, 2.75) is 43.0 Å². The summed E-state index contributed by atoms with van der Waals surface area (Å²) in [6, 6.07) is 5.62. The summed E-state index contributed by atoms with van der Waals surface area (Å²) in [5, 5.41) is 0. The van der Waals surface area contributed by atoms with Gasteiger partial charge in [0.2, 0.25) is 5.91 Å². The first kappa shape index (κ1) is 23.6. The highest BCUT2D eigenvalue weighted by Crippen LogP contribution is 2.37. The van der Waals surface area contributed by atoms with Crippen LogP contribution in [-0.2, 0) is 39.1 Å². The Morgan fingerprint density at radius 2 is 2.12 bits per heavy atom. The Labute approximate surface area is 196 Å². The van der Waals surface area contributed by atoms with E-state index in [-0.39, 0.29) is 34.7 Å². The van der Waals surface area contributed by atoms with E-state index in [1.807, 2.05) is 6.08 Å². The van der Waals surface area contributed by atoms with E-state index in [0.717, 1.165) is 24.2 Å². The molecule has 1 N–H and O–H groups in total. The highest BCUT2D eigenvalue weighted by Gasteiger charge is 2.36. The molecule has 0 radical (unpaired) electrons. The van der Waals surface area contributed by atoms with Gasteiger partial charge in [0.05, 0.1) is 19.2 Å². The molecule has 2 aliphatic rings. The van der Waals surface area contributed by atoms with E-state index >= 15 is 0 Å².